The lowest BCUT2D eigenvalue weighted by molar-refractivity contribution is -0.127. The molecule has 16 heavy (non-hydrogen) atoms. The summed E-state index contributed by atoms with van der Waals surface area (Å²) in [7, 11) is 3.56. The zero-order valence-electron chi connectivity index (χ0n) is 9.87. The highest BCUT2D eigenvalue weighted by Gasteiger charge is 2.09. The lowest BCUT2D eigenvalue weighted by atomic mass is 10.1. The van der Waals surface area contributed by atoms with E-state index < -0.39 is 0 Å². The number of rotatable bonds is 2. The maximum absolute atomic E-state index is 11.7. The number of hydrogen-bond acceptors (Lipinski definition) is 1. The van der Waals surface area contributed by atoms with Crippen molar-refractivity contribution in [3.05, 3.63) is 35.5 Å². The smallest absolute Gasteiger partial charge is 0.226 e. The van der Waals surface area contributed by atoms with E-state index in [1.165, 1.54) is 5.56 Å². The van der Waals surface area contributed by atoms with Crippen molar-refractivity contribution in [3.8, 4) is 0 Å². The fourth-order valence-corrected chi connectivity index (χ4v) is 1.76. The van der Waals surface area contributed by atoms with Crippen molar-refractivity contribution in [2.24, 2.45) is 0 Å². The Kier molecular flexibility index (Phi) is 2.69. The number of nitrogens with zero attached hydrogens (tertiary/aromatic N) is 1. The van der Waals surface area contributed by atoms with Crippen LogP contribution in [0.2, 0.25) is 0 Å². The van der Waals surface area contributed by atoms with E-state index in [0.29, 0.717) is 6.42 Å². The minimum atomic E-state index is 0.127. The molecule has 0 spiro atoms. The molecule has 1 heterocycles. The Morgan fingerprint density at radius 3 is 2.81 bits per heavy atom. The van der Waals surface area contributed by atoms with Gasteiger partial charge in [-0.25, -0.2) is 0 Å². The van der Waals surface area contributed by atoms with Crippen LogP contribution in [0.5, 0.6) is 0 Å². The Morgan fingerprint density at radius 1 is 1.38 bits per heavy atom. The van der Waals surface area contributed by atoms with E-state index in [4.69, 9.17) is 0 Å². The third kappa shape index (κ3) is 1.94. The number of hydrogen-bond donors (Lipinski definition) is 1. The normalized spacial score (nSPS) is 10.7. The molecule has 0 aliphatic carbocycles. The molecule has 1 aromatic heterocycles. The van der Waals surface area contributed by atoms with Gasteiger partial charge < -0.3 is 9.88 Å². The van der Waals surface area contributed by atoms with Crippen molar-refractivity contribution in [1.29, 1.82) is 0 Å². The molecule has 0 saturated heterocycles. The second-order valence-electron chi connectivity index (χ2n) is 4.33. The predicted molar refractivity (Wildman–Crippen MR) is 65.4 cm³/mol. The molecule has 3 heteroatoms. The maximum Gasteiger partial charge on any atom is 0.226 e. The summed E-state index contributed by atoms with van der Waals surface area (Å²) >= 11 is 0. The number of aromatic nitrogens is 1. The summed E-state index contributed by atoms with van der Waals surface area (Å²) in [6.45, 7) is 2.06. The molecule has 1 amide bonds. The average molecular weight is 216 g/mol. The number of carbonyl (C=O) groups is 1. The van der Waals surface area contributed by atoms with Gasteiger partial charge in [0.1, 0.15) is 0 Å². The molecule has 1 aromatic carbocycles. The fraction of sp³-hybridized carbons (Fsp3) is 0.308. The largest absolute Gasteiger partial charge is 0.361 e. The van der Waals surface area contributed by atoms with Crippen LogP contribution in [-0.2, 0) is 11.2 Å². The van der Waals surface area contributed by atoms with Gasteiger partial charge in [-0.1, -0.05) is 11.6 Å². The van der Waals surface area contributed by atoms with E-state index in [1.54, 1.807) is 19.0 Å². The fourth-order valence-electron chi connectivity index (χ4n) is 1.76. The van der Waals surface area contributed by atoms with Gasteiger partial charge >= 0.3 is 0 Å². The molecule has 2 rings (SSSR count). The standard InChI is InChI=1S/C13H16N2O/c1-9-4-5-12-11(6-9)10(8-14-12)7-13(16)15(2)3/h4-6,8,14H,7H2,1-3H3. The second kappa shape index (κ2) is 4.00. The van der Waals surface area contributed by atoms with Gasteiger partial charge in [-0.3, -0.25) is 4.79 Å². The summed E-state index contributed by atoms with van der Waals surface area (Å²) in [6, 6.07) is 6.23. The number of amides is 1. The Labute approximate surface area is 95.1 Å². The first-order valence-corrected chi connectivity index (χ1v) is 5.34. The Bertz CT molecular complexity index is 526. The van der Waals surface area contributed by atoms with Gasteiger partial charge in [-0.2, -0.15) is 0 Å². The highest BCUT2D eigenvalue weighted by molar-refractivity contribution is 5.89. The van der Waals surface area contributed by atoms with E-state index in [1.807, 2.05) is 12.3 Å². The molecule has 2 aromatic rings. The van der Waals surface area contributed by atoms with Crippen molar-refractivity contribution in [1.82, 2.24) is 9.88 Å². The Hall–Kier alpha value is -1.77. The molecule has 0 unspecified atom stereocenters. The zero-order valence-corrected chi connectivity index (χ0v) is 9.87. The van der Waals surface area contributed by atoms with E-state index >= 15 is 0 Å². The number of nitrogens with one attached hydrogen (secondary N) is 1. The number of carbonyl (C=O) groups excluding carboxylic acids is 1. The molecule has 0 fully saturated rings. The lowest BCUT2D eigenvalue weighted by Crippen LogP contribution is -2.23. The van der Waals surface area contributed by atoms with Crippen LogP contribution in [-0.4, -0.2) is 29.9 Å². The highest BCUT2D eigenvalue weighted by atomic mass is 16.2. The van der Waals surface area contributed by atoms with E-state index in [9.17, 15) is 4.79 Å². The number of likely N-dealkylation sites (N-methyl/N-ethyl adjacent to an activating group) is 1. The number of benzene rings is 1. The average Bonchev–Trinajstić information content (AvgIpc) is 2.61. The van der Waals surface area contributed by atoms with Gasteiger partial charge in [0.15, 0.2) is 0 Å². The quantitative estimate of drug-likeness (QED) is 0.820. The number of fused-ring (bicyclic) bond motifs is 1. The summed E-state index contributed by atoms with van der Waals surface area (Å²) < 4.78 is 0. The Morgan fingerprint density at radius 2 is 2.12 bits per heavy atom. The van der Waals surface area contributed by atoms with Crippen LogP contribution >= 0.6 is 0 Å². The minimum absolute atomic E-state index is 0.127. The Balaban J connectivity index is 2.38. The van der Waals surface area contributed by atoms with Gasteiger partial charge in [-0.15, -0.1) is 0 Å². The van der Waals surface area contributed by atoms with Crippen LogP contribution in [0.15, 0.2) is 24.4 Å². The molecule has 84 valence electrons. The van der Waals surface area contributed by atoms with Crippen molar-refractivity contribution in [2.45, 2.75) is 13.3 Å². The van der Waals surface area contributed by atoms with Crippen molar-refractivity contribution in [3.63, 3.8) is 0 Å². The summed E-state index contributed by atoms with van der Waals surface area (Å²) in [5, 5.41) is 1.15. The lowest BCUT2D eigenvalue weighted by Gasteiger charge is -2.09. The highest BCUT2D eigenvalue weighted by Crippen LogP contribution is 2.20. The second-order valence-corrected chi connectivity index (χ2v) is 4.33. The first-order chi connectivity index (χ1) is 7.58. The van der Waals surface area contributed by atoms with Crippen LogP contribution in [0.1, 0.15) is 11.1 Å². The van der Waals surface area contributed by atoms with Crippen molar-refractivity contribution in [2.75, 3.05) is 14.1 Å². The van der Waals surface area contributed by atoms with E-state index in [-0.39, 0.29) is 5.91 Å². The SMILES string of the molecule is Cc1ccc2[nH]cc(CC(=O)N(C)C)c2c1. The van der Waals surface area contributed by atoms with Crippen LogP contribution < -0.4 is 0 Å². The summed E-state index contributed by atoms with van der Waals surface area (Å²) in [5.41, 5.74) is 3.37. The van der Waals surface area contributed by atoms with Gasteiger partial charge in [-0.05, 0) is 24.6 Å². The van der Waals surface area contributed by atoms with Gasteiger partial charge in [0.2, 0.25) is 5.91 Å². The maximum atomic E-state index is 11.7. The molecule has 3 nitrogen and oxygen atoms in total. The van der Waals surface area contributed by atoms with Crippen LogP contribution in [0.4, 0.5) is 0 Å². The molecule has 1 N–H and O–H groups in total. The monoisotopic (exact) mass is 216 g/mol. The number of aromatic amines is 1. The first-order valence-electron chi connectivity index (χ1n) is 5.34. The zero-order chi connectivity index (χ0) is 11.7. The topological polar surface area (TPSA) is 36.1 Å². The van der Waals surface area contributed by atoms with Crippen LogP contribution in [0.25, 0.3) is 10.9 Å². The summed E-state index contributed by atoms with van der Waals surface area (Å²) in [5.74, 6) is 0.127. The summed E-state index contributed by atoms with van der Waals surface area (Å²) in [6.07, 6.45) is 2.38. The third-order valence-electron chi connectivity index (χ3n) is 2.76. The van der Waals surface area contributed by atoms with Gasteiger partial charge in [0.25, 0.3) is 0 Å². The third-order valence-corrected chi connectivity index (χ3v) is 2.76. The molecule has 0 atom stereocenters. The van der Waals surface area contributed by atoms with Crippen LogP contribution in [0, 0.1) is 6.92 Å². The molecule has 0 bridgehead atoms. The molecule has 0 radical (unpaired) electrons. The van der Waals surface area contributed by atoms with Gasteiger partial charge in [0.05, 0.1) is 6.42 Å². The molecule has 0 aliphatic rings. The van der Waals surface area contributed by atoms with Crippen molar-refractivity contribution < 1.29 is 4.79 Å². The van der Waals surface area contributed by atoms with Crippen LogP contribution in [0.3, 0.4) is 0 Å². The number of H-pyrrole nitrogens is 1. The minimum Gasteiger partial charge on any atom is -0.361 e. The van der Waals surface area contributed by atoms with Crippen molar-refractivity contribution >= 4 is 16.8 Å². The molecule has 0 saturated carbocycles. The van der Waals surface area contributed by atoms with E-state index in [2.05, 4.69) is 24.0 Å². The molecular formula is C13H16N2O. The molecular weight excluding hydrogens is 200 g/mol. The number of aryl methyl sites for hydroxylation is 1. The van der Waals surface area contributed by atoms with E-state index in [0.717, 1.165) is 16.5 Å². The first kappa shape index (κ1) is 10.7. The molecule has 0 aliphatic heterocycles. The summed E-state index contributed by atoms with van der Waals surface area (Å²) in [4.78, 5) is 16.5. The van der Waals surface area contributed by atoms with Gasteiger partial charge in [0, 0.05) is 31.2 Å². The predicted octanol–water partition coefficient (Wildman–Crippen LogP) is 2.11.